The molecule has 3 N–H and O–H groups in total. The van der Waals surface area contributed by atoms with Crippen LogP contribution in [0, 0.1) is 19.3 Å². The van der Waals surface area contributed by atoms with Crippen LogP contribution >= 0.6 is 11.3 Å². The molecule has 0 fully saturated rings. The Bertz CT molecular complexity index is 1050. The minimum atomic E-state index is 0.180. The average Bonchev–Trinajstić information content (AvgIpc) is 3.36. The van der Waals surface area contributed by atoms with E-state index >= 15 is 0 Å². The molecule has 3 heterocycles. The van der Waals surface area contributed by atoms with Crippen molar-refractivity contribution in [3.63, 3.8) is 0 Å². The highest BCUT2D eigenvalue weighted by molar-refractivity contribution is 7.11. The van der Waals surface area contributed by atoms with Crippen molar-refractivity contribution in [1.82, 2.24) is 20.1 Å². The fraction of sp³-hybridized carbons (Fsp3) is 0.250. The first-order chi connectivity index (χ1) is 13.5. The van der Waals surface area contributed by atoms with Crippen LogP contribution in [-0.2, 0) is 6.54 Å². The first-order valence-corrected chi connectivity index (χ1v) is 9.72. The van der Waals surface area contributed by atoms with Crippen LogP contribution < -0.4 is 4.74 Å². The number of benzene rings is 1. The second-order valence-corrected chi connectivity index (χ2v) is 7.56. The summed E-state index contributed by atoms with van der Waals surface area (Å²) in [5.41, 5.74) is 5.23. The van der Waals surface area contributed by atoms with E-state index in [9.17, 15) is 5.11 Å². The Hall–Kier alpha value is -3.13. The second kappa shape index (κ2) is 7.12. The maximum absolute atomic E-state index is 10.5. The van der Waals surface area contributed by atoms with Crippen LogP contribution in [0.15, 0.2) is 35.4 Å². The van der Waals surface area contributed by atoms with E-state index in [-0.39, 0.29) is 11.6 Å². The molecule has 0 bridgehead atoms. The molecule has 28 heavy (non-hydrogen) atoms. The molecule has 0 amide bonds. The third-order valence-electron chi connectivity index (χ3n) is 4.92. The van der Waals surface area contributed by atoms with E-state index in [1.165, 1.54) is 11.3 Å². The lowest BCUT2D eigenvalue weighted by atomic mass is 10.1. The number of ether oxygens (including phenoxy) is 1. The number of rotatable bonds is 5. The van der Waals surface area contributed by atoms with Gasteiger partial charge in [-0.25, -0.2) is 4.98 Å². The lowest BCUT2D eigenvalue weighted by Crippen LogP contribution is -2.26. The van der Waals surface area contributed by atoms with Gasteiger partial charge in [-0.1, -0.05) is 0 Å². The van der Waals surface area contributed by atoms with Crippen LogP contribution in [-0.4, -0.2) is 44.7 Å². The van der Waals surface area contributed by atoms with Gasteiger partial charge in [0.1, 0.15) is 22.4 Å². The predicted molar refractivity (Wildman–Crippen MR) is 110 cm³/mol. The van der Waals surface area contributed by atoms with Crippen LogP contribution in [0.25, 0.3) is 16.8 Å². The summed E-state index contributed by atoms with van der Waals surface area (Å²) >= 11 is 1.43. The van der Waals surface area contributed by atoms with Gasteiger partial charge in [-0.3, -0.25) is 10.5 Å². The number of aliphatic hydroxyl groups is 1. The fourth-order valence-electron chi connectivity index (χ4n) is 3.27. The van der Waals surface area contributed by atoms with Crippen molar-refractivity contribution in [2.24, 2.45) is 0 Å². The molecule has 144 valence electrons. The molecule has 0 saturated carbocycles. The lowest BCUT2D eigenvalue weighted by Gasteiger charge is -2.18. The van der Waals surface area contributed by atoms with Gasteiger partial charge in [0, 0.05) is 28.7 Å². The summed E-state index contributed by atoms with van der Waals surface area (Å²) < 4.78 is 5.19. The van der Waals surface area contributed by atoms with Crippen LogP contribution in [0.1, 0.15) is 22.0 Å². The van der Waals surface area contributed by atoms with E-state index in [0.717, 1.165) is 34.0 Å². The standard InChI is InChI=1S/C20H21N5O2S/c1-11-15(12(2)24-23-11)8-25-9-17(26)18(19(25)21)20-22-16(10-28-20)13-4-6-14(27-3)7-5-13/h4-7,10,21,26H,8-9H2,1-3H3,(H,23,24). The van der Waals surface area contributed by atoms with Crippen molar-refractivity contribution in [3.05, 3.63) is 57.4 Å². The quantitative estimate of drug-likeness (QED) is 0.608. The molecule has 0 spiro atoms. The SMILES string of the molecule is COc1ccc(-c2csc(C3=C(O)CN(Cc4c(C)n[nH]c4C)C3=N)n2)cc1. The van der Waals surface area contributed by atoms with Gasteiger partial charge in [0.25, 0.3) is 0 Å². The van der Waals surface area contributed by atoms with Crippen molar-refractivity contribution in [1.29, 1.82) is 5.41 Å². The van der Waals surface area contributed by atoms with Gasteiger partial charge in [-0.2, -0.15) is 5.10 Å². The summed E-state index contributed by atoms with van der Waals surface area (Å²) in [7, 11) is 1.63. The van der Waals surface area contributed by atoms with Crippen LogP contribution in [0.5, 0.6) is 5.75 Å². The van der Waals surface area contributed by atoms with Crippen LogP contribution in [0.4, 0.5) is 0 Å². The van der Waals surface area contributed by atoms with E-state index < -0.39 is 0 Å². The van der Waals surface area contributed by atoms with Crippen molar-refractivity contribution in [2.75, 3.05) is 13.7 Å². The number of aromatic nitrogens is 3. The zero-order valence-corrected chi connectivity index (χ0v) is 16.7. The van der Waals surface area contributed by atoms with E-state index in [2.05, 4.69) is 15.2 Å². The molecule has 7 nitrogen and oxygen atoms in total. The number of amidine groups is 1. The highest BCUT2D eigenvalue weighted by atomic mass is 32.1. The molecule has 2 aromatic heterocycles. The minimum absolute atomic E-state index is 0.180. The summed E-state index contributed by atoms with van der Waals surface area (Å²) in [6, 6.07) is 7.67. The first-order valence-electron chi connectivity index (χ1n) is 8.84. The van der Waals surface area contributed by atoms with Gasteiger partial charge in [0.05, 0.1) is 30.6 Å². The fourth-order valence-corrected chi connectivity index (χ4v) is 4.17. The monoisotopic (exact) mass is 395 g/mol. The summed E-state index contributed by atoms with van der Waals surface area (Å²) in [6.45, 7) is 4.73. The number of aromatic amines is 1. The smallest absolute Gasteiger partial charge is 0.135 e. The topological polar surface area (TPSA) is 98.1 Å². The third-order valence-corrected chi connectivity index (χ3v) is 5.78. The number of hydrogen-bond acceptors (Lipinski definition) is 6. The van der Waals surface area contributed by atoms with E-state index in [1.807, 2.05) is 48.4 Å². The lowest BCUT2D eigenvalue weighted by molar-refractivity contribution is 0.346. The summed E-state index contributed by atoms with van der Waals surface area (Å²) in [6.07, 6.45) is 0. The molecule has 0 atom stereocenters. The van der Waals surface area contributed by atoms with Gasteiger partial charge in [0.15, 0.2) is 0 Å². The summed E-state index contributed by atoms with van der Waals surface area (Å²) in [5, 5.41) is 28.9. The van der Waals surface area contributed by atoms with Crippen LogP contribution in [0.2, 0.25) is 0 Å². The van der Waals surface area contributed by atoms with Crippen molar-refractivity contribution in [3.8, 4) is 17.0 Å². The Labute approximate surface area is 166 Å². The molecule has 1 aliphatic heterocycles. The molecule has 0 unspecified atom stereocenters. The molecular weight excluding hydrogens is 374 g/mol. The number of hydrogen-bond donors (Lipinski definition) is 3. The Kier molecular flexibility index (Phi) is 4.64. The highest BCUT2D eigenvalue weighted by Gasteiger charge is 2.31. The van der Waals surface area contributed by atoms with Crippen molar-refractivity contribution >= 4 is 22.7 Å². The molecule has 1 aromatic carbocycles. The molecule has 8 heteroatoms. The summed E-state index contributed by atoms with van der Waals surface area (Å²) in [5.74, 6) is 1.25. The van der Waals surface area contributed by atoms with Gasteiger partial charge < -0.3 is 14.7 Å². The number of nitrogens with zero attached hydrogens (tertiary/aromatic N) is 3. The largest absolute Gasteiger partial charge is 0.510 e. The minimum Gasteiger partial charge on any atom is -0.510 e. The Morgan fingerprint density at radius 3 is 2.68 bits per heavy atom. The number of methoxy groups -OCH3 is 1. The van der Waals surface area contributed by atoms with Gasteiger partial charge in [0.2, 0.25) is 0 Å². The molecule has 1 aliphatic rings. The van der Waals surface area contributed by atoms with Crippen molar-refractivity contribution in [2.45, 2.75) is 20.4 Å². The zero-order chi connectivity index (χ0) is 19.8. The maximum atomic E-state index is 10.5. The molecular formula is C20H21N5O2S. The maximum Gasteiger partial charge on any atom is 0.135 e. The van der Waals surface area contributed by atoms with Gasteiger partial charge in [-0.15, -0.1) is 11.3 Å². The Balaban J connectivity index is 1.56. The number of H-pyrrole nitrogens is 1. The number of aryl methyl sites for hydroxylation is 2. The molecule has 0 aliphatic carbocycles. The Morgan fingerprint density at radius 1 is 1.29 bits per heavy atom. The molecule has 4 rings (SSSR count). The first kappa shape index (κ1) is 18.2. The second-order valence-electron chi connectivity index (χ2n) is 6.71. The van der Waals surface area contributed by atoms with Crippen molar-refractivity contribution < 1.29 is 9.84 Å². The predicted octanol–water partition coefficient (Wildman–Crippen LogP) is 3.92. The number of aliphatic hydroxyl groups excluding tert-OH is 1. The highest BCUT2D eigenvalue weighted by Crippen LogP contribution is 2.33. The normalized spacial score (nSPS) is 14.2. The average molecular weight is 395 g/mol. The number of thiazole rings is 1. The Morgan fingerprint density at radius 2 is 2.04 bits per heavy atom. The van der Waals surface area contributed by atoms with E-state index in [4.69, 9.17) is 10.1 Å². The van der Waals surface area contributed by atoms with Gasteiger partial charge in [-0.05, 0) is 38.1 Å². The number of nitrogens with one attached hydrogen (secondary N) is 2. The van der Waals surface area contributed by atoms with E-state index in [1.54, 1.807) is 7.11 Å². The molecule has 0 saturated heterocycles. The molecule has 3 aromatic rings. The van der Waals surface area contributed by atoms with E-state index in [0.29, 0.717) is 23.7 Å². The van der Waals surface area contributed by atoms with Crippen LogP contribution in [0.3, 0.4) is 0 Å². The molecule has 0 radical (unpaired) electrons. The third kappa shape index (κ3) is 3.16. The summed E-state index contributed by atoms with van der Waals surface area (Å²) in [4.78, 5) is 6.50. The zero-order valence-electron chi connectivity index (χ0n) is 15.9. The van der Waals surface area contributed by atoms with Gasteiger partial charge >= 0.3 is 0 Å².